The van der Waals surface area contributed by atoms with Crippen molar-refractivity contribution in [1.82, 2.24) is 15.4 Å². The number of nitrogens with two attached hydrogens (primary N) is 1. The molecular weight excluding hydrogens is 546 g/mol. The highest BCUT2D eigenvalue weighted by molar-refractivity contribution is 7.98. The van der Waals surface area contributed by atoms with Crippen molar-refractivity contribution in [3.05, 3.63) is 107 Å². The van der Waals surface area contributed by atoms with Gasteiger partial charge in [0.15, 0.2) is 0 Å². The third kappa shape index (κ3) is 10.1. The van der Waals surface area contributed by atoms with E-state index in [1.165, 1.54) is 0 Å². The first-order chi connectivity index (χ1) is 19.2. The quantitative estimate of drug-likeness (QED) is 0.137. The number of carbonyl (C=O) groups excluding carboxylic acids is 2. The van der Waals surface area contributed by atoms with Gasteiger partial charge in [-0.3, -0.25) is 15.0 Å². The maximum absolute atomic E-state index is 13.5. The highest BCUT2D eigenvalue weighted by atomic mass is 32.2. The van der Waals surface area contributed by atoms with Crippen LogP contribution >= 0.6 is 11.8 Å². The summed E-state index contributed by atoms with van der Waals surface area (Å²) in [7, 11) is -3.87. The lowest BCUT2D eigenvalue weighted by molar-refractivity contribution is -0.129. The third-order valence-corrected chi connectivity index (χ3v) is 8.10. The van der Waals surface area contributed by atoms with Crippen molar-refractivity contribution in [2.45, 2.75) is 37.2 Å². The lowest BCUT2D eigenvalue weighted by Crippen LogP contribution is -2.54. The van der Waals surface area contributed by atoms with Gasteiger partial charge in [-0.2, -0.15) is 11.8 Å². The number of hydrogen-bond donors (Lipinski definition) is 5. The number of thioether (sulfide) groups is 1. The fourth-order valence-corrected chi connectivity index (χ4v) is 5.79. The van der Waals surface area contributed by atoms with Crippen LogP contribution in [0, 0.1) is 5.41 Å². The molecule has 2 amide bonds. The Bertz CT molecular complexity index is 1380. The maximum atomic E-state index is 13.5. The molecule has 214 valence electrons. The summed E-state index contributed by atoms with van der Waals surface area (Å²) in [5.41, 5.74) is 8.27. The summed E-state index contributed by atoms with van der Waals surface area (Å²) in [6, 6.07) is 22.8. The van der Waals surface area contributed by atoms with Crippen molar-refractivity contribution >= 4 is 39.4 Å². The molecule has 0 saturated carbocycles. The van der Waals surface area contributed by atoms with E-state index in [2.05, 4.69) is 15.4 Å². The number of rotatable bonds is 15. The van der Waals surface area contributed by atoms with Crippen molar-refractivity contribution in [2.75, 3.05) is 12.0 Å². The second kappa shape index (κ2) is 15.2. The molecule has 0 aliphatic heterocycles. The lowest BCUT2D eigenvalue weighted by atomic mass is 10.1. The molecule has 3 aromatic rings. The monoisotopic (exact) mass is 583 g/mol. The number of nitrogen functional groups attached to an aromatic ring is 1. The van der Waals surface area contributed by atoms with E-state index in [-0.39, 0.29) is 31.9 Å². The lowest BCUT2D eigenvalue weighted by Gasteiger charge is -2.23. The molecule has 0 saturated heterocycles. The molecule has 40 heavy (non-hydrogen) atoms. The van der Waals surface area contributed by atoms with Gasteiger partial charge in [-0.15, -0.1) is 0 Å². The van der Waals surface area contributed by atoms with E-state index in [9.17, 15) is 18.0 Å². The largest absolute Gasteiger partial charge is 0.384 e. The number of amides is 2. The Labute approximate surface area is 241 Å². The van der Waals surface area contributed by atoms with Crippen LogP contribution in [-0.4, -0.2) is 50.2 Å². The summed E-state index contributed by atoms with van der Waals surface area (Å²) in [6.45, 7) is 0.222. The first-order valence-corrected chi connectivity index (χ1v) is 15.8. The SMILES string of the molecule is CSCC[C@H](NC(=O)[C@@H](Cc1ccccc1)NS(=O)(=O)Cc1ccccc1)C(=O)NCc1ccc(C(=N)N)cc1.[HH]. The summed E-state index contributed by atoms with van der Waals surface area (Å²) in [6.07, 6.45) is 2.40. The predicted molar refractivity (Wildman–Crippen MR) is 162 cm³/mol. The Balaban J connectivity index is 0.00000588. The highest BCUT2D eigenvalue weighted by Crippen LogP contribution is 2.10. The zero-order valence-corrected chi connectivity index (χ0v) is 23.9. The van der Waals surface area contributed by atoms with Crippen LogP contribution in [0.25, 0.3) is 0 Å². The van der Waals surface area contributed by atoms with Crippen molar-refractivity contribution in [3.63, 3.8) is 0 Å². The Hall–Kier alpha value is -3.67. The minimum Gasteiger partial charge on any atom is -0.384 e. The van der Waals surface area contributed by atoms with Gasteiger partial charge < -0.3 is 16.4 Å². The summed E-state index contributed by atoms with van der Waals surface area (Å²) in [4.78, 5) is 26.6. The van der Waals surface area contributed by atoms with Crippen molar-refractivity contribution in [2.24, 2.45) is 5.73 Å². The number of hydrogen-bond acceptors (Lipinski definition) is 6. The van der Waals surface area contributed by atoms with E-state index >= 15 is 0 Å². The van der Waals surface area contributed by atoms with Gasteiger partial charge in [0.05, 0.1) is 5.75 Å². The normalized spacial score (nSPS) is 12.7. The first-order valence-electron chi connectivity index (χ1n) is 12.7. The standard InChI is InChI=1S/C29H35N5O4S2.H2/c1-39-17-16-25(28(35)32-19-22-12-14-24(15-13-22)27(30)31)33-29(36)26(18-21-8-4-2-5-9-21)34-40(37,38)20-23-10-6-3-7-11-23;/h2-15,25-26,34H,16-20H2,1H3,(H3,30,31)(H,32,35)(H,33,36);1H/t25-,26+;/m0./s1. The highest BCUT2D eigenvalue weighted by Gasteiger charge is 2.29. The molecule has 0 radical (unpaired) electrons. The van der Waals surface area contributed by atoms with Crippen LogP contribution in [0.1, 0.15) is 30.1 Å². The molecule has 0 aliphatic rings. The van der Waals surface area contributed by atoms with Gasteiger partial charge in [-0.05, 0) is 41.5 Å². The van der Waals surface area contributed by atoms with Crippen molar-refractivity contribution < 1.29 is 19.4 Å². The summed E-state index contributed by atoms with van der Waals surface area (Å²) in [5, 5.41) is 13.1. The summed E-state index contributed by atoms with van der Waals surface area (Å²) in [5.74, 6) is -0.643. The molecule has 0 spiro atoms. The molecule has 9 nitrogen and oxygen atoms in total. The number of carbonyl (C=O) groups is 2. The van der Waals surface area contributed by atoms with E-state index < -0.39 is 28.0 Å². The Morgan fingerprint density at radius 2 is 1.48 bits per heavy atom. The topological polar surface area (TPSA) is 154 Å². The summed E-state index contributed by atoms with van der Waals surface area (Å²) >= 11 is 1.54. The van der Waals surface area contributed by atoms with Crippen LogP contribution in [0.4, 0.5) is 0 Å². The maximum Gasteiger partial charge on any atom is 0.242 e. The molecule has 3 rings (SSSR count). The van der Waals surface area contributed by atoms with Gasteiger partial charge in [-0.1, -0.05) is 84.9 Å². The van der Waals surface area contributed by atoms with Crippen LogP contribution in [0.5, 0.6) is 0 Å². The molecule has 6 N–H and O–H groups in total. The van der Waals surface area contributed by atoms with E-state index in [0.29, 0.717) is 23.3 Å². The van der Waals surface area contributed by atoms with Gasteiger partial charge in [0.25, 0.3) is 0 Å². The summed E-state index contributed by atoms with van der Waals surface area (Å²) < 4.78 is 28.6. The van der Waals surface area contributed by atoms with Crippen LogP contribution in [-0.2, 0) is 38.3 Å². The molecule has 0 heterocycles. The number of nitrogens with one attached hydrogen (secondary N) is 4. The Morgan fingerprint density at radius 3 is 2.05 bits per heavy atom. The number of sulfonamides is 1. The molecule has 0 unspecified atom stereocenters. The molecule has 0 aromatic heterocycles. The Kier molecular flexibility index (Phi) is 11.7. The van der Waals surface area contributed by atoms with Gasteiger partial charge in [0.2, 0.25) is 21.8 Å². The van der Waals surface area contributed by atoms with Crippen LogP contribution in [0.2, 0.25) is 0 Å². The molecule has 0 aliphatic carbocycles. The van der Waals surface area contributed by atoms with E-state index in [0.717, 1.165) is 11.1 Å². The van der Waals surface area contributed by atoms with Gasteiger partial charge in [-0.25, -0.2) is 13.1 Å². The van der Waals surface area contributed by atoms with E-state index in [1.807, 2.05) is 36.6 Å². The Morgan fingerprint density at radius 1 is 0.875 bits per heavy atom. The van der Waals surface area contributed by atoms with Crippen molar-refractivity contribution in [3.8, 4) is 0 Å². The fraction of sp³-hybridized carbons (Fsp3) is 0.276. The van der Waals surface area contributed by atoms with Crippen molar-refractivity contribution in [1.29, 1.82) is 5.41 Å². The van der Waals surface area contributed by atoms with Crippen LogP contribution in [0.15, 0.2) is 84.9 Å². The molecule has 3 aromatic carbocycles. The molecule has 11 heteroatoms. The smallest absolute Gasteiger partial charge is 0.242 e. The van der Waals surface area contributed by atoms with Crippen LogP contribution < -0.4 is 21.1 Å². The molecule has 0 fully saturated rings. The predicted octanol–water partition coefficient (Wildman–Crippen LogP) is 2.80. The minimum atomic E-state index is -3.87. The fourth-order valence-electron chi connectivity index (χ4n) is 3.98. The first kappa shape index (κ1) is 30.9. The number of benzene rings is 3. The van der Waals surface area contributed by atoms with Crippen LogP contribution in [0.3, 0.4) is 0 Å². The van der Waals surface area contributed by atoms with E-state index in [4.69, 9.17) is 11.1 Å². The average Bonchev–Trinajstić information content (AvgIpc) is 2.94. The third-order valence-electron chi connectivity index (χ3n) is 6.10. The average molecular weight is 584 g/mol. The molecule has 2 atom stereocenters. The van der Waals surface area contributed by atoms with Gasteiger partial charge in [0, 0.05) is 13.5 Å². The van der Waals surface area contributed by atoms with Gasteiger partial charge in [0.1, 0.15) is 17.9 Å². The molecule has 0 bridgehead atoms. The van der Waals surface area contributed by atoms with Gasteiger partial charge >= 0.3 is 0 Å². The zero-order valence-electron chi connectivity index (χ0n) is 22.3. The van der Waals surface area contributed by atoms with E-state index in [1.54, 1.807) is 66.4 Å². The zero-order chi connectivity index (χ0) is 29.0. The number of amidine groups is 1. The second-order valence-electron chi connectivity index (χ2n) is 9.28. The molecular formula is C29H37N5O4S2. The second-order valence-corrected chi connectivity index (χ2v) is 12.0. The minimum absolute atomic E-state index is 0.